The molecular weight excluding hydrogens is 246 g/mol. The Morgan fingerprint density at radius 3 is 3.05 bits per heavy atom. The molecule has 1 amide bonds. The van der Waals surface area contributed by atoms with Crippen LogP contribution in [0.25, 0.3) is 10.8 Å². The van der Waals surface area contributed by atoms with Crippen LogP contribution < -0.4 is 16.2 Å². The molecule has 1 aromatic heterocycles. The van der Waals surface area contributed by atoms with E-state index in [0.717, 1.165) is 0 Å². The average molecular weight is 257 g/mol. The number of hydrogen-bond donors (Lipinski definition) is 3. The largest absolute Gasteiger partial charge is 0.349 e. The predicted octanol–water partition coefficient (Wildman–Crippen LogP) is 0.515. The van der Waals surface area contributed by atoms with Gasteiger partial charge < -0.3 is 10.6 Å². The summed E-state index contributed by atoms with van der Waals surface area (Å²) in [6, 6.07) is 5.29. The van der Waals surface area contributed by atoms with Gasteiger partial charge in [-0.15, -0.1) is 0 Å². The average Bonchev–Trinajstić information content (AvgIpc) is 2.40. The maximum Gasteiger partial charge on any atom is 0.272 e. The molecule has 0 aliphatic carbocycles. The van der Waals surface area contributed by atoms with Crippen molar-refractivity contribution in [3.8, 4) is 0 Å². The molecule has 0 spiro atoms. The number of carbonyl (C=O) groups is 1. The first-order chi connectivity index (χ1) is 9.15. The summed E-state index contributed by atoms with van der Waals surface area (Å²) in [6.07, 6.45) is 0. The van der Waals surface area contributed by atoms with Crippen LogP contribution in [0, 0.1) is 0 Å². The number of amidine groups is 1. The Morgan fingerprint density at radius 2 is 2.26 bits per heavy atom. The summed E-state index contributed by atoms with van der Waals surface area (Å²) in [5, 5.41) is 13.3. The minimum absolute atomic E-state index is 0.136. The topological polar surface area (TPSA) is 99.2 Å². The second-order valence-electron chi connectivity index (χ2n) is 4.19. The highest BCUT2D eigenvalue weighted by Crippen LogP contribution is 2.31. The Balaban J connectivity index is 2.10. The lowest BCUT2D eigenvalue weighted by Gasteiger charge is -2.17. The van der Waals surface area contributed by atoms with Crippen LogP contribution in [0.3, 0.4) is 0 Å². The Labute approximate surface area is 107 Å². The second-order valence-corrected chi connectivity index (χ2v) is 4.19. The molecule has 0 atom stereocenters. The van der Waals surface area contributed by atoms with Gasteiger partial charge in [-0.1, -0.05) is 6.07 Å². The minimum atomic E-state index is -0.247. The molecule has 0 saturated heterocycles. The summed E-state index contributed by atoms with van der Waals surface area (Å²) in [7, 11) is 0. The summed E-state index contributed by atoms with van der Waals surface area (Å²) >= 11 is 0. The van der Waals surface area contributed by atoms with Crippen molar-refractivity contribution in [2.24, 2.45) is 4.99 Å². The highest BCUT2D eigenvalue weighted by molar-refractivity contribution is 6.12. The summed E-state index contributed by atoms with van der Waals surface area (Å²) in [5.41, 5.74) is 0.424. The van der Waals surface area contributed by atoms with E-state index in [1.54, 1.807) is 12.1 Å². The first-order valence-electron chi connectivity index (χ1n) is 5.75. The molecule has 2 heterocycles. The zero-order valence-corrected chi connectivity index (χ0v) is 10.2. The highest BCUT2D eigenvalue weighted by Gasteiger charge is 2.17. The van der Waals surface area contributed by atoms with E-state index < -0.39 is 0 Å². The summed E-state index contributed by atoms with van der Waals surface area (Å²) in [6.45, 7) is 1.72. The maximum absolute atomic E-state index is 11.7. The lowest BCUT2D eigenvalue weighted by atomic mass is 10.1. The van der Waals surface area contributed by atoms with E-state index in [2.05, 4.69) is 25.8 Å². The fourth-order valence-corrected chi connectivity index (χ4v) is 1.99. The van der Waals surface area contributed by atoms with Gasteiger partial charge in [-0.25, -0.2) is 10.1 Å². The first-order valence-corrected chi connectivity index (χ1v) is 5.75. The summed E-state index contributed by atoms with van der Waals surface area (Å²) < 4.78 is 0. The fraction of sp³-hybridized carbons (Fsp3) is 0.167. The lowest BCUT2D eigenvalue weighted by Crippen LogP contribution is -2.32. The van der Waals surface area contributed by atoms with Crippen molar-refractivity contribution in [1.82, 2.24) is 15.5 Å². The third-order valence-corrected chi connectivity index (χ3v) is 2.82. The van der Waals surface area contributed by atoms with Gasteiger partial charge in [0.25, 0.3) is 5.56 Å². The Hall–Kier alpha value is -2.70. The predicted molar refractivity (Wildman–Crippen MR) is 71.8 cm³/mol. The molecule has 0 fully saturated rings. The van der Waals surface area contributed by atoms with Gasteiger partial charge in [0.15, 0.2) is 5.82 Å². The molecule has 3 N–H and O–H groups in total. The molecule has 2 aromatic rings. The van der Waals surface area contributed by atoms with Crippen LogP contribution in [0.2, 0.25) is 0 Å². The molecule has 1 aliphatic rings. The minimum Gasteiger partial charge on any atom is -0.349 e. The number of nitrogens with zero attached hydrogens (tertiary/aromatic N) is 2. The van der Waals surface area contributed by atoms with Crippen molar-refractivity contribution >= 4 is 34.0 Å². The normalized spacial score (nSPS) is 12.8. The van der Waals surface area contributed by atoms with Crippen molar-refractivity contribution in [3.05, 3.63) is 28.6 Å². The monoisotopic (exact) mass is 257 g/mol. The third kappa shape index (κ3) is 1.95. The number of hydrogen-bond acceptors (Lipinski definition) is 5. The van der Waals surface area contributed by atoms with Crippen molar-refractivity contribution < 1.29 is 4.79 Å². The number of benzene rings is 1. The maximum atomic E-state index is 11.7. The number of aromatic nitrogens is 2. The van der Waals surface area contributed by atoms with Crippen LogP contribution in [0.15, 0.2) is 28.0 Å². The zero-order valence-electron chi connectivity index (χ0n) is 10.2. The Bertz CT molecular complexity index is 762. The van der Waals surface area contributed by atoms with Gasteiger partial charge in [0.2, 0.25) is 5.91 Å². The van der Waals surface area contributed by atoms with Gasteiger partial charge in [-0.05, 0) is 12.1 Å². The molecule has 0 bridgehead atoms. The van der Waals surface area contributed by atoms with Gasteiger partial charge in [0.1, 0.15) is 5.84 Å². The number of carbonyl (C=O) groups excluding carboxylic acids is 1. The van der Waals surface area contributed by atoms with E-state index in [9.17, 15) is 9.59 Å². The van der Waals surface area contributed by atoms with Crippen LogP contribution in [-0.2, 0) is 4.79 Å². The summed E-state index contributed by atoms with van der Waals surface area (Å²) in [5.74, 6) is 0.984. The van der Waals surface area contributed by atoms with Gasteiger partial charge >= 0.3 is 0 Å². The van der Waals surface area contributed by atoms with E-state index in [1.807, 2.05) is 6.07 Å². The van der Waals surface area contributed by atoms with Gasteiger partial charge in [-0.2, -0.15) is 5.10 Å². The number of H-pyrrole nitrogens is 1. The zero-order chi connectivity index (χ0) is 13.4. The molecule has 7 nitrogen and oxygen atoms in total. The lowest BCUT2D eigenvalue weighted by molar-refractivity contribution is -0.118. The number of nitrogens with one attached hydrogen (secondary N) is 3. The third-order valence-electron chi connectivity index (χ3n) is 2.82. The fourth-order valence-electron chi connectivity index (χ4n) is 1.99. The van der Waals surface area contributed by atoms with Gasteiger partial charge in [0.05, 0.1) is 23.0 Å². The SMILES string of the molecule is CC(=O)NCC1=Nc2cccc3c(=O)[nH]nc(c23)N1. The number of anilines is 1. The van der Waals surface area contributed by atoms with Gasteiger partial charge in [0, 0.05) is 6.92 Å². The molecule has 0 radical (unpaired) electrons. The van der Waals surface area contributed by atoms with E-state index in [0.29, 0.717) is 28.1 Å². The van der Waals surface area contributed by atoms with E-state index in [1.165, 1.54) is 6.92 Å². The Kier molecular flexibility index (Phi) is 2.52. The van der Waals surface area contributed by atoms with Crippen molar-refractivity contribution in [1.29, 1.82) is 0 Å². The standard InChI is InChI=1S/C12H11N5O2/c1-6(18)13-5-9-14-8-4-2-3-7-10(8)11(15-9)16-17-12(7)19/h2-4H,5H2,1H3,(H,13,18)(H,17,19)(H,14,15,16). The molecule has 1 aliphatic heterocycles. The molecule has 0 unspecified atom stereocenters. The molecule has 7 heteroatoms. The first kappa shape index (κ1) is 11.4. The van der Waals surface area contributed by atoms with Crippen LogP contribution >= 0.6 is 0 Å². The molecule has 19 heavy (non-hydrogen) atoms. The van der Waals surface area contributed by atoms with Crippen molar-refractivity contribution in [2.45, 2.75) is 6.92 Å². The van der Waals surface area contributed by atoms with Crippen molar-refractivity contribution in [2.75, 3.05) is 11.9 Å². The van der Waals surface area contributed by atoms with Gasteiger partial charge in [-0.3, -0.25) is 9.59 Å². The molecule has 0 saturated carbocycles. The van der Waals surface area contributed by atoms with E-state index >= 15 is 0 Å². The molecule has 1 aromatic carbocycles. The number of amides is 1. The molecular formula is C12H11N5O2. The quantitative estimate of drug-likeness (QED) is 0.730. The Morgan fingerprint density at radius 1 is 1.42 bits per heavy atom. The second kappa shape index (κ2) is 4.20. The number of aliphatic imine (C=N–C) groups is 1. The van der Waals surface area contributed by atoms with Crippen LogP contribution in [-0.4, -0.2) is 28.5 Å². The van der Waals surface area contributed by atoms with Crippen LogP contribution in [0.1, 0.15) is 6.92 Å². The molecule has 96 valence electrons. The van der Waals surface area contributed by atoms with E-state index in [4.69, 9.17) is 0 Å². The highest BCUT2D eigenvalue weighted by atomic mass is 16.1. The number of aromatic amines is 1. The van der Waals surface area contributed by atoms with Crippen LogP contribution in [0.5, 0.6) is 0 Å². The van der Waals surface area contributed by atoms with Crippen molar-refractivity contribution in [3.63, 3.8) is 0 Å². The summed E-state index contributed by atoms with van der Waals surface area (Å²) in [4.78, 5) is 27.0. The van der Waals surface area contributed by atoms with E-state index in [-0.39, 0.29) is 18.0 Å². The molecule has 3 rings (SSSR count). The smallest absolute Gasteiger partial charge is 0.272 e. The number of rotatable bonds is 2. The van der Waals surface area contributed by atoms with Crippen LogP contribution in [0.4, 0.5) is 11.5 Å².